The monoisotopic (exact) mass is 313 g/mol. The maximum atomic E-state index is 12.5. The normalized spacial score (nSPS) is 11.7. The number of rotatable bonds is 6. The van der Waals surface area contributed by atoms with Crippen LogP contribution < -0.4 is 5.73 Å². The summed E-state index contributed by atoms with van der Waals surface area (Å²) in [7, 11) is -2.29. The van der Waals surface area contributed by atoms with Gasteiger partial charge in [-0.1, -0.05) is 0 Å². The molecule has 0 atom stereocenters. The highest BCUT2D eigenvalue weighted by molar-refractivity contribution is 7.89. The molecule has 21 heavy (non-hydrogen) atoms. The van der Waals surface area contributed by atoms with Crippen molar-refractivity contribution in [3.8, 4) is 0 Å². The number of nitrogen functional groups attached to an aromatic ring is 1. The largest absolute Gasteiger partial charge is 0.399 e. The van der Waals surface area contributed by atoms with Crippen LogP contribution in [0.3, 0.4) is 0 Å². The van der Waals surface area contributed by atoms with Gasteiger partial charge in [0, 0.05) is 25.8 Å². The van der Waals surface area contributed by atoms with Crippen molar-refractivity contribution in [1.82, 2.24) is 9.21 Å². The molecule has 0 spiro atoms. The van der Waals surface area contributed by atoms with Gasteiger partial charge in [0.15, 0.2) is 0 Å². The van der Waals surface area contributed by atoms with E-state index in [4.69, 9.17) is 5.73 Å². The zero-order valence-electron chi connectivity index (χ0n) is 13.0. The third-order valence-electron chi connectivity index (χ3n) is 3.36. The Morgan fingerprint density at radius 1 is 1.24 bits per heavy atom. The third-order valence-corrected chi connectivity index (χ3v) is 5.32. The summed E-state index contributed by atoms with van der Waals surface area (Å²) < 4.78 is 26.1. The summed E-state index contributed by atoms with van der Waals surface area (Å²) in [5.74, 6) is -0.209. The summed E-state index contributed by atoms with van der Waals surface area (Å²) in [5.41, 5.74) is 6.71. The van der Waals surface area contributed by atoms with Crippen molar-refractivity contribution in [2.75, 3.05) is 32.4 Å². The van der Waals surface area contributed by atoms with Crippen molar-refractivity contribution in [3.05, 3.63) is 23.8 Å². The van der Waals surface area contributed by atoms with E-state index < -0.39 is 10.0 Å². The van der Waals surface area contributed by atoms with E-state index in [0.717, 1.165) is 4.31 Å². The second-order valence-electron chi connectivity index (χ2n) is 4.85. The van der Waals surface area contributed by atoms with Gasteiger partial charge in [0.25, 0.3) is 0 Å². The lowest BCUT2D eigenvalue weighted by molar-refractivity contribution is -0.130. The Hall–Kier alpha value is -1.60. The molecule has 0 unspecified atom stereocenters. The minimum absolute atomic E-state index is 0.173. The molecule has 118 valence electrons. The van der Waals surface area contributed by atoms with Crippen LogP contribution in [0.5, 0.6) is 0 Å². The van der Waals surface area contributed by atoms with E-state index in [9.17, 15) is 13.2 Å². The SMILES string of the molecule is CCN(CC)C(=O)CN(C)S(=O)(=O)c1ccc(N)cc1C. The van der Waals surface area contributed by atoms with Gasteiger partial charge in [-0.25, -0.2) is 8.42 Å². The van der Waals surface area contributed by atoms with E-state index in [1.165, 1.54) is 13.1 Å². The first-order valence-corrected chi connectivity index (χ1v) is 8.28. The molecular formula is C14H23N3O3S. The number of nitrogens with zero attached hydrogens (tertiary/aromatic N) is 2. The maximum Gasteiger partial charge on any atom is 0.243 e. The molecule has 0 aliphatic heterocycles. The van der Waals surface area contributed by atoms with Crippen molar-refractivity contribution in [2.24, 2.45) is 0 Å². The molecule has 1 aromatic carbocycles. The number of aryl methyl sites for hydroxylation is 1. The second-order valence-corrected chi connectivity index (χ2v) is 6.87. The van der Waals surface area contributed by atoms with Crippen molar-refractivity contribution >= 4 is 21.6 Å². The van der Waals surface area contributed by atoms with Crippen LogP contribution in [0.2, 0.25) is 0 Å². The molecule has 0 radical (unpaired) electrons. The van der Waals surface area contributed by atoms with Gasteiger partial charge in [0.05, 0.1) is 11.4 Å². The van der Waals surface area contributed by atoms with Crippen molar-refractivity contribution in [3.63, 3.8) is 0 Å². The smallest absolute Gasteiger partial charge is 0.243 e. The molecule has 6 nitrogen and oxygen atoms in total. The summed E-state index contributed by atoms with van der Waals surface area (Å²) >= 11 is 0. The minimum atomic E-state index is -3.70. The molecule has 7 heteroatoms. The van der Waals surface area contributed by atoms with Gasteiger partial charge in [-0.05, 0) is 44.5 Å². The molecule has 0 aromatic heterocycles. The summed E-state index contributed by atoms with van der Waals surface area (Å²) in [6.07, 6.45) is 0. The van der Waals surface area contributed by atoms with E-state index in [1.54, 1.807) is 24.0 Å². The average Bonchev–Trinajstić information content (AvgIpc) is 2.39. The Morgan fingerprint density at radius 2 is 1.81 bits per heavy atom. The van der Waals surface area contributed by atoms with Gasteiger partial charge in [-0.2, -0.15) is 4.31 Å². The predicted molar refractivity (Wildman–Crippen MR) is 83.3 cm³/mol. The Labute approximate surface area is 126 Å². The number of hydrogen-bond acceptors (Lipinski definition) is 4. The van der Waals surface area contributed by atoms with Crippen LogP contribution in [0, 0.1) is 6.92 Å². The summed E-state index contributed by atoms with van der Waals surface area (Å²) in [6, 6.07) is 4.62. The van der Waals surface area contributed by atoms with Crippen LogP contribution in [-0.4, -0.2) is 50.2 Å². The first-order chi connectivity index (χ1) is 9.73. The summed E-state index contributed by atoms with van der Waals surface area (Å²) in [4.78, 5) is 13.8. The molecule has 2 N–H and O–H groups in total. The second kappa shape index (κ2) is 6.91. The number of benzene rings is 1. The topological polar surface area (TPSA) is 83.7 Å². The van der Waals surface area contributed by atoms with E-state index in [-0.39, 0.29) is 17.3 Å². The molecular weight excluding hydrogens is 290 g/mol. The molecule has 0 heterocycles. The summed E-state index contributed by atoms with van der Waals surface area (Å²) in [5, 5.41) is 0. The Balaban J connectivity index is 2.99. The van der Waals surface area contributed by atoms with Crippen LogP contribution in [0.1, 0.15) is 19.4 Å². The minimum Gasteiger partial charge on any atom is -0.399 e. The number of anilines is 1. The lowest BCUT2D eigenvalue weighted by Crippen LogP contribution is -2.41. The molecule has 0 fully saturated rings. The molecule has 1 amide bonds. The van der Waals surface area contributed by atoms with E-state index in [1.807, 2.05) is 13.8 Å². The number of carbonyl (C=O) groups excluding carboxylic acids is 1. The standard InChI is InChI=1S/C14H23N3O3S/c1-5-17(6-2)14(18)10-16(4)21(19,20)13-8-7-12(15)9-11(13)3/h7-9H,5-6,10,15H2,1-4H3. The van der Waals surface area contributed by atoms with Gasteiger partial charge in [-0.15, -0.1) is 0 Å². The van der Waals surface area contributed by atoms with Crippen molar-refractivity contribution in [2.45, 2.75) is 25.7 Å². The van der Waals surface area contributed by atoms with Crippen LogP contribution in [0.25, 0.3) is 0 Å². The highest BCUT2D eigenvalue weighted by Gasteiger charge is 2.25. The van der Waals surface area contributed by atoms with E-state index >= 15 is 0 Å². The Morgan fingerprint density at radius 3 is 2.29 bits per heavy atom. The van der Waals surface area contributed by atoms with E-state index in [0.29, 0.717) is 24.3 Å². The molecule has 0 aliphatic carbocycles. The number of likely N-dealkylation sites (N-methyl/N-ethyl adjacent to an activating group) is 2. The van der Waals surface area contributed by atoms with Crippen LogP contribution in [0.15, 0.2) is 23.1 Å². The Bertz CT molecular complexity index is 610. The van der Waals surface area contributed by atoms with Gasteiger partial charge in [0.2, 0.25) is 15.9 Å². The van der Waals surface area contributed by atoms with Gasteiger partial charge in [0.1, 0.15) is 0 Å². The number of sulfonamides is 1. The van der Waals surface area contributed by atoms with E-state index in [2.05, 4.69) is 0 Å². The molecule has 1 aromatic rings. The Kier molecular flexibility index (Phi) is 5.74. The highest BCUT2D eigenvalue weighted by atomic mass is 32.2. The average molecular weight is 313 g/mol. The fourth-order valence-corrected chi connectivity index (χ4v) is 3.40. The predicted octanol–water partition coefficient (Wildman–Crippen LogP) is 1.07. The quantitative estimate of drug-likeness (QED) is 0.796. The van der Waals surface area contributed by atoms with Gasteiger partial charge >= 0.3 is 0 Å². The molecule has 0 saturated carbocycles. The lowest BCUT2D eigenvalue weighted by Gasteiger charge is -2.23. The number of amides is 1. The number of carbonyl (C=O) groups is 1. The van der Waals surface area contributed by atoms with Crippen molar-refractivity contribution < 1.29 is 13.2 Å². The number of nitrogens with two attached hydrogens (primary N) is 1. The van der Waals surface area contributed by atoms with Crippen LogP contribution >= 0.6 is 0 Å². The molecule has 0 aliphatic rings. The zero-order chi connectivity index (χ0) is 16.2. The summed E-state index contributed by atoms with van der Waals surface area (Å²) in [6.45, 7) is 6.35. The van der Waals surface area contributed by atoms with Gasteiger partial charge < -0.3 is 10.6 Å². The lowest BCUT2D eigenvalue weighted by atomic mass is 10.2. The maximum absolute atomic E-state index is 12.5. The first-order valence-electron chi connectivity index (χ1n) is 6.84. The van der Waals surface area contributed by atoms with Crippen molar-refractivity contribution in [1.29, 1.82) is 0 Å². The highest BCUT2D eigenvalue weighted by Crippen LogP contribution is 2.21. The number of hydrogen-bond donors (Lipinski definition) is 1. The van der Waals surface area contributed by atoms with Crippen LogP contribution in [-0.2, 0) is 14.8 Å². The van der Waals surface area contributed by atoms with Gasteiger partial charge in [-0.3, -0.25) is 4.79 Å². The fraction of sp³-hybridized carbons (Fsp3) is 0.500. The molecule has 1 rings (SSSR count). The first kappa shape index (κ1) is 17.5. The third kappa shape index (κ3) is 3.95. The fourth-order valence-electron chi connectivity index (χ4n) is 2.08. The molecule has 0 saturated heterocycles. The van der Waals surface area contributed by atoms with Crippen LogP contribution in [0.4, 0.5) is 5.69 Å². The zero-order valence-corrected chi connectivity index (χ0v) is 13.8. The molecule has 0 bridgehead atoms.